The Hall–Kier alpha value is -3.13. The Labute approximate surface area is 162 Å². The Balaban J connectivity index is 1.47. The van der Waals surface area contributed by atoms with E-state index < -0.39 is 6.10 Å². The number of imidazole rings is 1. The van der Waals surface area contributed by atoms with Gasteiger partial charge in [-0.25, -0.2) is 9.67 Å². The van der Waals surface area contributed by atoms with Gasteiger partial charge in [0.1, 0.15) is 17.1 Å². The number of para-hydroxylation sites is 2. The number of carbonyl (C=O) groups excluding carboxylic acids is 1. The van der Waals surface area contributed by atoms with Gasteiger partial charge in [-0.15, -0.1) is 0 Å². The van der Waals surface area contributed by atoms with Crippen LogP contribution in [0.3, 0.4) is 0 Å². The van der Waals surface area contributed by atoms with Crippen LogP contribution in [-0.4, -0.2) is 49.6 Å². The third-order valence-corrected chi connectivity index (χ3v) is 5.16. The molecule has 3 aromatic rings. The van der Waals surface area contributed by atoms with Crippen LogP contribution in [0.2, 0.25) is 0 Å². The van der Waals surface area contributed by atoms with Gasteiger partial charge in [0.25, 0.3) is 5.91 Å². The number of ether oxygens (including phenoxy) is 1. The summed E-state index contributed by atoms with van der Waals surface area (Å²) in [5.41, 5.74) is 1.08. The van der Waals surface area contributed by atoms with Crippen LogP contribution in [-0.2, 0) is 6.54 Å². The molecule has 2 aromatic heterocycles. The zero-order valence-electron chi connectivity index (χ0n) is 15.6. The van der Waals surface area contributed by atoms with Crippen molar-refractivity contribution in [3.63, 3.8) is 0 Å². The number of hydrogen-bond donors (Lipinski definition) is 2. The average Bonchev–Trinajstić information content (AvgIpc) is 3.44. The molecule has 0 aliphatic heterocycles. The summed E-state index contributed by atoms with van der Waals surface area (Å²) in [7, 11) is 1.58. The molecule has 146 valence electrons. The van der Waals surface area contributed by atoms with E-state index in [0.717, 1.165) is 6.54 Å². The van der Waals surface area contributed by atoms with E-state index in [9.17, 15) is 9.90 Å². The predicted molar refractivity (Wildman–Crippen MR) is 102 cm³/mol. The van der Waals surface area contributed by atoms with Crippen molar-refractivity contribution in [3.05, 3.63) is 60.9 Å². The standard InChI is InChI=1S/C20H23N5O3/c1-28-19-5-3-2-4-16(19)25-17(6-7-22-25)20(27)23-15-10-14(11-18(15)26)12-24-9-8-21-13-24/h2-9,13-15,18,26H,10-12H2,1H3,(H,23,27)/t14?,15-,18-/m1/s1. The summed E-state index contributed by atoms with van der Waals surface area (Å²) in [5, 5.41) is 17.7. The number of methoxy groups -OCH3 is 1. The van der Waals surface area contributed by atoms with E-state index in [1.165, 1.54) is 0 Å². The molecular formula is C20H23N5O3. The quantitative estimate of drug-likeness (QED) is 0.677. The first-order chi connectivity index (χ1) is 13.7. The van der Waals surface area contributed by atoms with E-state index in [1.54, 1.807) is 36.6 Å². The number of aliphatic hydroxyl groups excluding tert-OH is 1. The van der Waals surface area contributed by atoms with E-state index in [2.05, 4.69) is 15.4 Å². The third-order valence-electron chi connectivity index (χ3n) is 5.16. The molecule has 2 N–H and O–H groups in total. The Morgan fingerprint density at radius 3 is 2.93 bits per heavy atom. The second-order valence-electron chi connectivity index (χ2n) is 7.04. The van der Waals surface area contributed by atoms with Gasteiger partial charge >= 0.3 is 0 Å². The number of nitrogens with one attached hydrogen (secondary N) is 1. The molecule has 1 saturated carbocycles. The van der Waals surface area contributed by atoms with Crippen LogP contribution in [0.15, 0.2) is 55.2 Å². The minimum Gasteiger partial charge on any atom is -0.494 e. The lowest BCUT2D eigenvalue weighted by Crippen LogP contribution is -2.40. The fraction of sp³-hybridized carbons (Fsp3) is 0.350. The molecule has 0 radical (unpaired) electrons. The molecule has 1 fully saturated rings. The number of nitrogens with zero attached hydrogens (tertiary/aromatic N) is 4. The van der Waals surface area contributed by atoms with Gasteiger partial charge < -0.3 is 19.7 Å². The minimum absolute atomic E-state index is 0.268. The SMILES string of the molecule is COc1ccccc1-n1nccc1C(=O)N[C@@H]1CC(Cn2ccnc2)C[C@H]1O. The maximum atomic E-state index is 12.9. The molecule has 0 saturated heterocycles. The molecule has 0 bridgehead atoms. The first kappa shape index (κ1) is 18.2. The van der Waals surface area contributed by atoms with Gasteiger partial charge in [0, 0.05) is 18.9 Å². The topological polar surface area (TPSA) is 94.2 Å². The highest BCUT2D eigenvalue weighted by atomic mass is 16.5. The molecule has 1 aliphatic carbocycles. The Bertz CT molecular complexity index is 937. The molecule has 4 rings (SSSR count). The number of aliphatic hydroxyl groups is 1. The molecule has 1 unspecified atom stereocenters. The minimum atomic E-state index is -0.569. The smallest absolute Gasteiger partial charge is 0.270 e. The largest absolute Gasteiger partial charge is 0.494 e. The fourth-order valence-electron chi connectivity index (χ4n) is 3.83. The highest BCUT2D eigenvalue weighted by molar-refractivity contribution is 5.93. The second kappa shape index (κ2) is 7.85. The lowest BCUT2D eigenvalue weighted by Gasteiger charge is -2.17. The molecule has 8 heteroatoms. The van der Waals surface area contributed by atoms with Crippen LogP contribution in [0.1, 0.15) is 23.3 Å². The molecule has 1 aromatic carbocycles. The van der Waals surface area contributed by atoms with Gasteiger partial charge in [-0.1, -0.05) is 12.1 Å². The van der Waals surface area contributed by atoms with Crippen molar-refractivity contribution in [1.29, 1.82) is 0 Å². The van der Waals surface area contributed by atoms with Gasteiger partial charge in [0.2, 0.25) is 0 Å². The molecule has 2 heterocycles. The number of amides is 1. The first-order valence-electron chi connectivity index (χ1n) is 9.28. The van der Waals surface area contributed by atoms with Crippen molar-refractivity contribution < 1.29 is 14.6 Å². The van der Waals surface area contributed by atoms with Gasteiger partial charge in [-0.05, 0) is 37.0 Å². The summed E-state index contributed by atoms with van der Waals surface area (Å²) in [4.78, 5) is 16.9. The summed E-state index contributed by atoms with van der Waals surface area (Å²) >= 11 is 0. The number of rotatable bonds is 6. The maximum absolute atomic E-state index is 12.9. The number of carbonyl (C=O) groups is 1. The van der Waals surface area contributed by atoms with E-state index in [1.807, 2.05) is 35.0 Å². The molecule has 0 spiro atoms. The van der Waals surface area contributed by atoms with Gasteiger partial charge in [-0.2, -0.15) is 5.10 Å². The first-order valence-corrected chi connectivity index (χ1v) is 9.28. The Morgan fingerprint density at radius 1 is 1.29 bits per heavy atom. The molecule has 28 heavy (non-hydrogen) atoms. The molecular weight excluding hydrogens is 358 g/mol. The maximum Gasteiger partial charge on any atom is 0.270 e. The molecule has 1 aliphatic rings. The average molecular weight is 381 g/mol. The van der Waals surface area contributed by atoms with E-state index >= 15 is 0 Å². The highest BCUT2D eigenvalue weighted by Crippen LogP contribution is 2.28. The predicted octanol–water partition coefficient (Wildman–Crippen LogP) is 1.65. The van der Waals surface area contributed by atoms with Crippen molar-refractivity contribution in [2.24, 2.45) is 5.92 Å². The van der Waals surface area contributed by atoms with Gasteiger partial charge in [0.15, 0.2) is 0 Å². The summed E-state index contributed by atoms with van der Waals surface area (Å²) in [6.07, 6.45) is 7.79. The van der Waals surface area contributed by atoms with E-state index in [0.29, 0.717) is 30.0 Å². The normalized spacial score (nSPS) is 21.6. The van der Waals surface area contributed by atoms with Gasteiger partial charge in [-0.3, -0.25) is 4.79 Å². The summed E-state index contributed by atoms with van der Waals surface area (Å²) in [6.45, 7) is 0.780. The van der Waals surface area contributed by atoms with E-state index in [4.69, 9.17) is 4.74 Å². The van der Waals surface area contributed by atoms with Crippen LogP contribution in [0.5, 0.6) is 5.75 Å². The lowest BCUT2D eigenvalue weighted by molar-refractivity contribution is 0.0865. The fourth-order valence-corrected chi connectivity index (χ4v) is 3.83. The Kier molecular flexibility index (Phi) is 5.12. The van der Waals surface area contributed by atoms with Crippen molar-refractivity contribution >= 4 is 5.91 Å². The van der Waals surface area contributed by atoms with Crippen molar-refractivity contribution in [3.8, 4) is 11.4 Å². The highest BCUT2D eigenvalue weighted by Gasteiger charge is 2.34. The van der Waals surface area contributed by atoms with Crippen LogP contribution >= 0.6 is 0 Å². The number of benzene rings is 1. The molecule has 8 nitrogen and oxygen atoms in total. The number of aromatic nitrogens is 4. The second-order valence-corrected chi connectivity index (χ2v) is 7.04. The third kappa shape index (κ3) is 3.63. The summed E-state index contributed by atoms with van der Waals surface area (Å²) in [6, 6.07) is 8.76. The van der Waals surface area contributed by atoms with Crippen LogP contribution < -0.4 is 10.1 Å². The van der Waals surface area contributed by atoms with Gasteiger partial charge in [0.05, 0.1) is 31.8 Å². The Morgan fingerprint density at radius 2 is 2.14 bits per heavy atom. The zero-order chi connectivity index (χ0) is 19.5. The zero-order valence-corrected chi connectivity index (χ0v) is 15.6. The molecule has 1 amide bonds. The van der Waals surface area contributed by atoms with Crippen LogP contribution in [0.4, 0.5) is 0 Å². The number of hydrogen-bond acceptors (Lipinski definition) is 5. The molecule has 3 atom stereocenters. The van der Waals surface area contributed by atoms with Crippen LogP contribution in [0.25, 0.3) is 5.69 Å². The monoisotopic (exact) mass is 381 g/mol. The van der Waals surface area contributed by atoms with E-state index in [-0.39, 0.29) is 17.9 Å². The van der Waals surface area contributed by atoms with Crippen LogP contribution in [0, 0.1) is 5.92 Å². The summed E-state index contributed by atoms with van der Waals surface area (Å²) in [5.74, 6) is 0.644. The summed E-state index contributed by atoms with van der Waals surface area (Å²) < 4.78 is 8.93. The van der Waals surface area contributed by atoms with Crippen molar-refractivity contribution in [1.82, 2.24) is 24.6 Å². The lowest BCUT2D eigenvalue weighted by atomic mass is 10.1. The van der Waals surface area contributed by atoms with Crippen molar-refractivity contribution in [2.75, 3.05) is 7.11 Å². The van der Waals surface area contributed by atoms with Crippen molar-refractivity contribution in [2.45, 2.75) is 31.5 Å².